The molecule has 0 amide bonds. The summed E-state index contributed by atoms with van der Waals surface area (Å²) in [6.45, 7) is 4.10. The van der Waals surface area contributed by atoms with E-state index in [0.29, 0.717) is 6.04 Å². The van der Waals surface area contributed by atoms with Gasteiger partial charge < -0.3 is 9.73 Å². The van der Waals surface area contributed by atoms with Crippen LogP contribution < -0.4 is 5.32 Å². The van der Waals surface area contributed by atoms with Crippen LogP contribution in [0.5, 0.6) is 0 Å². The molecule has 0 aromatic carbocycles. The van der Waals surface area contributed by atoms with Crippen LogP contribution in [-0.4, -0.2) is 24.5 Å². The van der Waals surface area contributed by atoms with Crippen molar-refractivity contribution in [3.05, 3.63) is 45.5 Å². The molecule has 1 fully saturated rings. The van der Waals surface area contributed by atoms with Gasteiger partial charge in [0.05, 0.1) is 17.3 Å². The molecule has 20 heavy (non-hydrogen) atoms. The van der Waals surface area contributed by atoms with Gasteiger partial charge in [0.15, 0.2) is 0 Å². The number of furan rings is 1. The molecule has 5 heteroatoms. The molecular weight excluding hydrogens is 292 g/mol. The third-order valence-corrected chi connectivity index (χ3v) is 5.00. The second-order valence-electron chi connectivity index (χ2n) is 5.14. The molecule has 0 bridgehead atoms. The summed E-state index contributed by atoms with van der Waals surface area (Å²) in [4.78, 5) is 3.78. The van der Waals surface area contributed by atoms with E-state index in [0.717, 1.165) is 37.0 Å². The molecule has 0 aliphatic carbocycles. The van der Waals surface area contributed by atoms with Crippen molar-refractivity contribution in [2.75, 3.05) is 19.6 Å². The van der Waals surface area contributed by atoms with E-state index in [1.54, 1.807) is 17.6 Å². The van der Waals surface area contributed by atoms with Crippen LogP contribution in [0.1, 0.15) is 29.5 Å². The van der Waals surface area contributed by atoms with Crippen LogP contribution in [0.4, 0.5) is 0 Å². The van der Waals surface area contributed by atoms with E-state index >= 15 is 0 Å². The Labute approximate surface area is 128 Å². The van der Waals surface area contributed by atoms with Gasteiger partial charge in [-0.25, -0.2) is 0 Å². The fourth-order valence-electron chi connectivity index (χ4n) is 2.72. The fraction of sp³-hybridized carbons (Fsp3) is 0.467. The van der Waals surface area contributed by atoms with Crippen LogP contribution in [0.2, 0.25) is 5.02 Å². The maximum absolute atomic E-state index is 5.95. The van der Waals surface area contributed by atoms with Crippen molar-refractivity contribution in [3.63, 3.8) is 0 Å². The van der Waals surface area contributed by atoms with Gasteiger partial charge in [-0.1, -0.05) is 11.6 Å². The maximum atomic E-state index is 5.95. The quantitative estimate of drug-likeness (QED) is 0.876. The van der Waals surface area contributed by atoms with Crippen molar-refractivity contribution >= 4 is 22.9 Å². The molecule has 1 aliphatic rings. The first-order chi connectivity index (χ1) is 9.83. The van der Waals surface area contributed by atoms with Crippen LogP contribution >= 0.6 is 22.9 Å². The van der Waals surface area contributed by atoms with Gasteiger partial charge in [0.1, 0.15) is 5.76 Å². The van der Waals surface area contributed by atoms with Crippen molar-refractivity contribution in [2.45, 2.75) is 25.4 Å². The Balaban J connectivity index is 1.58. The van der Waals surface area contributed by atoms with Gasteiger partial charge in [-0.05, 0) is 44.1 Å². The summed E-state index contributed by atoms with van der Waals surface area (Å²) < 4.78 is 5.61. The van der Waals surface area contributed by atoms with E-state index in [9.17, 15) is 0 Å². The molecule has 2 aromatic rings. The first kappa shape index (κ1) is 14.1. The summed E-state index contributed by atoms with van der Waals surface area (Å²) in [5, 5.41) is 6.33. The second-order valence-corrected chi connectivity index (χ2v) is 6.57. The Morgan fingerprint density at radius 3 is 2.90 bits per heavy atom. The molecule has 0 saturated carbocycles. The monoisotopic (exact) mass is 310 g/mol. The van der Waals surface area contributed by atoms with Crippen molar-refractivity contribution < 1.29 is 4.42 Å². The van der Waals surface area contributed by atoms with Gasteiger partial charge >= 0.3 is 0 Å². The van der Waals surface area contributed by atoms with Gasteiger partial charge in [-0.3, -0.25) is 4.90 Å². The number of thiophene rings is 1. The predicted molar refractivity (Wildman–Crippen MR) is 83.3 cm³/mol. The molecule has 0 radical (unpaired) electrons. The highest BCUT2D eigenvalue weighted by Gasteiger charge is 2.25. The number of hydrogen-bond acceptors (Lipinski definition) is 4. The number of halogens is 1. The number of nitrogens with one attached hydrogen (secondary N) is 1. The standard InChI is InChI=1S/C15H19ClN2OS/c16-12-8-13(20-11-12)9-17-10-14(15-4-3-7-19-15)18-5-1-2-6-18/h3-4,7-8,11,14,17H,1-2,5-6,9-10H2. The normalized spacial score (nSPS) is 17.6. The molecule has 3 nitrogen and oxygen atoms in total. The highest BCUT2D eigenvalue weighted by molar-refractivity contribution is 7.10. The zero-order valence-electron chi connectivity index (χ0n) is 11.3. The lowest BCUT2D eigenvalue weighted by Crippen LogP contribution is -2.33. The smallest absolute Gasteiger partial charge is 0.122 e. The van der Waals surface area contributed by atoms with Gasteiger partial charge in [-0.2, -0.15) is 0 Å². The molecule has 1 unspecified atom stereocenters. The molecule has 1 atom stereocenters. The molecule has 1 aliphatic heterocycles. The summed E-state index contributed by atoms with van der Waals surface area (Å²) >= 11 is 7.65. The minimum absolute atomic E-state index is 0.336. The molecular formula is C15H19ClN2OS. The lowest BCUT2D eigenvalue weighted by atomic mass is 10.2. The van der Waals surface area contributed by atoms with Crippen LogP contribution in [0.25, 0.3) is 0 Å². The van der Waals surface area contributed by atoms with Crippen LogP contribution in [0.15, 0.2) is 34.3 Å². The summed E-state index contributed by atoms with van der Waals surface area (Å²) in [7, 11) is 0. The topological polar surface area (TPSA) is 28.4 Å². The lowest BCUT2D eigenvalue weighted by Gasteiger charge is -2.26. The predicted octanol–water partition coefficient (Wildman–Crippen LogP) is 3.92. The lowest BCUT2D eigenvalue weighted by molar-refractivity contribution is 0.209. The molecule has 1 N–H and O–H groups in total. The molecule has 1 saturated heterocycles. The fourth-order valence-corrected chi connectivity index (χ4v) is 3.76. The molecule has 2 aromatic heterocycles. The summed E-state index contributed by atoms with van der Waals surface area (Å²) in [5.74, 6) is 1.06. The highest BCUT2D eigenvalue weighted by Crippen LogP contribution is 2.25. The van der Waals surface area contributed by atoms with E-state index in [4.69, 9.17) is 16.0 Å². The van der Waals surface area contributed by atoms with Gasteiger partial charge in [-0.15, -0.1) is 11.3 Å². The van der Waals surface area contributed by atoms with Gasteiger partial charge in [0.2, 0.25) is 0 Å². The van der Waals surface area contributed by atoms with Crippen molar-refractivity contribution in [3.8, 4) is 0 Å². The van der Waals surface area contributed by atoms with Crippen LogP contribution in [0, 0.1) is 0 Å². The summed E-state index contributed by atoms with van der Waals surface area (Å²) in [6.07, 6.45) is 4.34. The van der Waals surface area contributed by atoms with Crippen LogP contribution in [0.3, 0.4) is 0 Å². The average molecular weight is 311 g/mol. The molecule has 3 heterocycles. The first-order valence-corrected chi connectivity index (χ1v) is 8.30. The van der Waals surface area contributed by atoms with Gasteiger partial charge in [0, 0.05) is 23.3 Å². The summed E-state index contributed by atoms with van der Waals surface area (Å²) in [5.41, 5.74) is 0. The zero-order chi connectivity index (χ0) is 13.8. The Bertz CT molecular complexity index is 520. The van der Waals surface area contributed by atoms with E-state index in [-0.39, 0.29) is 0 Å². The van der Waals surface area contributed by atoms with E-state index in [1.807, 2.05) is 17.5 Å². The third-order valence-electron chi connectivity index (χ3n) is 3.71. The molecule has 108 valence electrons. The minimum atomic E-state index is 0.336. The van der Waals surface area contributed by atoms with Crippen LogP contribution in [-0.2, 0) is 6.54 Å². The van der Waals surface area contributed by atoms with E-state index < -0.39 is 0 Å². The Morgan fingerprint density at radius 2 is 2.25 bits per heavy atom. The average Bonchev–Trinajstić information content (AvgIpc) is 3.18. The van der Waals surface area contributed by atoms with Crippen molar-refractivity contribution in [1.29, 1.82) is 0 Å². The van der Waals surface area contributed by atoms with Crippen molar-refractivity contribution in [1.82, 2.24) is 10.2 Å². The zero-order valence-corrected chi connectivity index (χ0v) is 12.9. The number of rotatable bonds is 6. The highest BCUT2D eigenvalue weighted by atomic mass is 35.5. The molecule has 3 rings (SSSR count). The Kier molecular flexibility index (Phi) is 4.78. The van der Waals surface area contributed by atoms with E-state index in [2.05, 4.69) is 16.3 Å². The largest absolute Gasteiger partial charge is 0.468 e. The number of likely N-dealkylation sites (tertiary alicyclic amines) is 1. The summed E-state index contributed by atoms with van der Waals surface area (Å²) in [6, 6.07) is 6.41. The number of hydrogen-bond donors (Lipinski definition) is 1. The Hall–Kier alpha value is -0.810. The second kappa shape index (κ2) is 6.76. The number of nitrogens with zero attached hydrogens (tertiary/aromatic N) is 1. The maximum Gasteiger partial charge on any atom is 0.122 e. The van der Waals surface area contributed by atoms with Gasteiger partial charge in [0.25, 0.3) is 0 Å². The Morgan fingerprint density at radius 1 is 1.40 bits per heavy atom. The first-order valence-electron chi connectivity index (χ1n) is 7.04. The van der Waals surface area contributed by atoms with E-state index in [1.165, 1.54) is 17.7 Å². The SMILES string of the molecule is Clc1csc(CNCC(c2ccco2)N2CCCC2)c1. The third kappa shape index (κ3) is 3.44. The molecule has 0 spiro atoms. The minimum Gasteiger partial charge on any atom is -0.468 e. The van der Waals surface area contributed by atoms with Crippen molar-refractivity contribution in [2.24, 2.45) is 0 Å².